The average molecular weight is 343 g/mol. The van der Waals surface area contributed by atoms with Gasteiger partial charge in [0.2, 0.25) is 0 Å². The van der Waals surface area contributed by atoms with Crippen molar-refractivity contribution in [3.63, 3.8) is 0 Å². The van der Waals surface area contributed by atoms with Crippen LogP contribution in [0.25, 0.3) is 0 Å². The smallest absolute Gasteiger partial charge is 0.390 e. The Kier molecular flexibility index (Phi) is 4.18. The van der Waals surface area contributed by atoms with Gasteiger partial charge >= 0.3 is 5.95 Å². The molecule has 0 saturated carbocycles. The van der Waals surface area contributed by atoms with E-state index in [4.69, 9.17) is 0 Å². The summed E-state index contributed by atoms with van der Waals surface area (Å²) in [6.07, 6.45) is 0.0837. The van der Waals surface area contributed by atoms with E-state index >= 15 is 0 Å². The second kappa shape index (κ2) is 5.87. The number of aromatic nitrogens is 3. The molecule has 0 bridgehead atoms. The molecular weight excluding hydrogens is 335 g/mol. The summed E-state index contributed by atoms with van der Waals surface area (Å²) in [5.41, 5.74) is 0.655. The molecule has 0 N–H and O–H groups in total. The third-order valence-corrected chi connectivity index (χ3v) is 3.01. The zero-order valence-corrected chi connectivity index (χ0v) is 11.6. The van der Waals surface area contributed by atoms with Gasteiger partial charge in [-0.2, -0.15) is 4.68 Å². The minimum atomic E-state index is -0.744. The topological polar surface area (TPSA) is 90.9 Å². The van der Waals surface area contributed by atoms with Crippen molar-refractivity contribution in [3.05, 3.63) is 50.5 Å². The molecule has 0 spiro atoms. The molecule has 1 aromatic carbocycles. The van der Waals surface area contributed by atoms with Gasteiger partial charge in [0.05, 0.1) is 0 Å². The van der Waals surface area contributed by atoms with Crippen molar-refractivity contribution in [3.8, 4) is 0 Å². The molecule has 0 aliphatic rings. The van der Waals surface area contributed by atoms with E-state index in [9.17, 15) is 19.3 Å². The highest BCUT2D eigenvalue weighted by Gasteiger charge is 2.21. The van der Waals surface area contributed by atoms with E-state index in [1.54, 1.807) is 0 Å². The fourth-order valence-electron chi connectivity index (χ4n) is 1.54. The lowest BCUT2D eigenvalue weighted by Crippen LogP contribution is -2.14. The number of ketones is 1. The molecule has 20 heavy (non-hydrogen) atoms. The molecule has 104 valence electrons. The molecule has 7 nitrogen and oxygen atoms in total. The van der Waals surface area contributed by atoms with E-state index in [0.29, 0.717) is 5.56 Å². The molecule has 0 atom stereocenters. The van der Waals surface area contributed by atoms with Crippen molar-refractivity contribution in [2.75, 3.05) is 0 Å². The van der Waals surface area contributed by atoms with E-state index in [-0.39, 0.29) is 29.3 Å². The first-order valence-corrected chi connectivity index (χ1v) is 6.26. The number of rotatable bonds is 5. The summed E-state index contributed by atoms with van der Waals surface area (Å²) in [6, 6.07) is 5.54. The Hall–Kier alpha value is -2.16. The van der Waals surface area contributed by atoms with Gasteiger partial charge in [-0.3, -0.25) is 4.79 Å². The number of Topliss-reactive ketones (excluding diaryl/α,β-unsaturated/α-hetero) is 1. The van der Waals surface area contributed by atoms with Gasteiger partial charge in [-0.05, 0) is 27.6 Å². The van der Waals surface area contributed by atoms with E-state index in [2.05, 4.69) is 26.0 Å². The number of hydrogen-bond acceptors (Lipinski definition) is 5. The Balaban J connectivity index is 2.04. The van der Waals surface area contributed by atoms with Crippen LogP contribution in [-0.2, 0) is 17.8 Å². The summed E-state index contributed by atoms with van der Waals surface area (Å²) in [5, 5.41) is 14.1. The minimum Gasteiger partial charge on any atom is -0.390 e. The zero-order valence-electron chi connectivity index (χ0n) is 9.99. The van der Waals surface area contributed by atoms with Crippen molar-refractivity contribution >= 4 is 27.7 Å². The van der Waals surface area contributed by atoms with E-state index in [1.165, 1.54) is 24.3 Å². The van der Waals surface area contributed by atoms with Crippen molar-refractivity contribution in [2.24, 2.45) is 0 Å². The van der Waals surface area contributed by atoms with Crippen LogP contribution in [0.4, 0.5) is 10.3 Å². The van der Waals surface area contributed by atoms with Crippen LogP contribution >= 0.6 is 15.9 Å². The largest absolute Gasteiger partial charge is 0.492 e. The van der Waals surface area contributed by atoms with Gasteiger partial charge in [-0.25, -0.2) is 4.39 Å². The van der Waals surface area contributed by atoms with Crippen LogP contribution in [-0.4, -0.2) is 25.5 Å². The van der Waals surface area contributed by atoms with Crippen molar-refractivity contribution in [1.82, 2.24) is 14.8 Å². The Morgan fingerprint density at radius 1 is 1.40 bits per heavy atom. The molecule has 0 amide bonds. The molecule has 9 heteroatoms. The molecule has 2 aromatic rings. The van der Waals surface area contributed by atoms with Gasteiger partial charge < -0.3 is 10.1 Å². The number of carbonyl (C=O) groups excluding carboxylic acids is 1. The maximum atomic E-state index is 12.7. The Bertz CT molecular complexity index is 656. The van der Waals surface area contributed by atoms with Gasteiger partial charge in [0, 0.05) is 27.4 Å². The monoisotopic (exact) mass is 342 g/mol. The predicted molar refractivity (Wildman–Crippen MR) is 69.5 cm³/mol. The van der Waals surface area contributed by atoms with Crippen LogP contribution in [0, 0.1) is 15.9 Å². The van der Waals surface area contributed by atoms with Crippen LogP contribution in [0.5, 0.6) is 0 Å². The maximum absolute atomic E-state index is 12.7. The summed E-state index contributed by atoms with van der Waals surface area (Å²) in [5.74, 6) is -1.18. The van der Waals surface area contributed by atoms with Gasteiger partial charge in [-0.1, -0.05) is 12.1 Å². The number of nitro groups is 1. The lowest BCUT2D eigenvalue weighted by atomic mass is 10.1. The van der Waals surface area contributed by atoms with Crippen LogP contribution < -0.4 is 0 Å². The number of halogens is 2. The van der Waals surface area contributed by atoms with Crippen LogP contribution in [0.1, 0.15) is 5.56 Å². The summed E-state index contributed by atoms with van der Waals surface area (Å²) < 4.78 is 13.9. The predicted octanol–water partition coefficient (Wildman–Crippen LogP) is 1.90. The van der Waals surface area contributed by atoms with E-state index in [0.717, 1.165) is 4.68 Å². The quantitative estimate of drug-likeness (QED) is 0.611. The van der Waals surface area contributed by atoms with Crippen molar-refractivity contribution < 1.29 is 14.1 Å². The summed E-state index contributed by atoms with van der Waals surface area (Å²) in [4.78, 5) is 25.1. The lowest BCUT2D eigenvalue weighted by Gasteiger charge is -2.00. The molecule has 0 saturated heterocycles. The Labute approximate surface area is 120 Å². The van der Waals surface area contributed by atoms with Gasteiger partial charge in [-0.15, -0.1) is 0 Å². The summed E-state index contributed by atoms with van der Waals surface area (Å²) in [7, 11) is 0. The third kappa shape index (κ3) is 3.44. The van der Waals surface area contributed by atoms with E-state index < -0.39 is 10.9 Å². The molecule has 0 unspecified atom stereocenters. The molecule has 1 heterocycles. The number of nitrogens with zero attached hydrogens (tertiary/aromatic N) is 4. The van der Waals surface area contributed by atoms with Gasteiger partial charge in [0.15, 0.2) is 5.78 Å². The number of benzene rings is 1. The van der Waals surface area contributed by atoms with Crippen LogP contribution in [0.15, 0.2) is 29.0 Å². The fourth-order valence-corrected chi connectivity index (χ4v) is 1.91. The van der Waals surface area contributed by atoms with Crippen molar-refractivity contribution in [1.29, 1.82) is 0 Å². The number of carbonyl (C=O) groups is 1. The highest BCUT2D eigenvalue weighted by Crippen LogP contribution is 2.12. The first-order valence-electron chi connectivity index (χ1n) is 5.46. The Morgan fingerprint density at radius 2 is 2.05 bits per heavy atom. The normalized spacial score (nSPS) is 10.5. The molecule has 0 aliphatic heterocycles. The summed E-state index contributed by atoms with van der Waals surface area (Å²) >= 11 is 2.99. The van der Waals surface area contributed by atoms with Gasteiger partial charge in [0.25, 0.3) is 4.73 Å². The molecule has 2 rings (SSSR count). The third-order valence-electron chi connectivity index (χ3n) is 2.42. The zero-order chi connectivity index (χ0) is 14.7. The second-order valence-electron chi connectivity index (χ2n) is 3.94. The molecular formula is C11H8BrFN4O3. The first kappa shape index (κ1) is 14.3. The molecule has 0 fully saturated rings. The highest BCUT2D eigenvalue weighted by molar-refractivity contribution is 9.10. The summed E-state index contributed by atoms with van der Waals surface area (Å²) in [6.45, 7) is -0.154. The van der Waals surface area contributed by atoms with Crippen LogP contribution in [0.3, 0.4) is 0 Å². The average Bonchev–Trinajstić information content (AvgIpc) is 2.74. The molecule has 0 aliphatic carbocycles. The fraction of sp³-hybridized carbons (Fsp3) is 0.182. The minimum absolute atomic E-state index is 0.0837. The molecule has 0 radical (unpaired) electrons. The Morgan fingerprint density at radius 3 is 2.60 bits per heavy atom. The highest BCUT2D eigenvalue weighted by atomic mass is 79.9. The second-order valence-corrected chi connectivity index (χ2v) is 4.65. The SMILES string of the molecule is O=C(Cc1ccc(F)cc1)Cn1nc([N+](=O)[O-])nc1Br. The number of hydrogen-bond donors (Lipinski definition) is 0. The van der Waals surface area contributed by atoms with Gasteiger partial charge in [0.1, 0.15) is 12.4 Å². The van der Waals surface area contributed by atoms with E-state index in [1.807, 2.05) is 0 Å². The lowest BCUT2D eigenvalue weighted by molar-refractivity contribution is -0.394. The molecule has 1 aromatic heterocycles. The maximum Gasteiger partial charge on any atom is 0.492 e. The van der Waals surface area contributed by atoms with Crippen LogP contribution in [0.2, 0.25) is 0 Å². The van der Waals surface area contributed by atoms with Crippen molar-refractivity contribution in [2.45, 2.75) is 13.0 Å². The standard InChI is InChI=1S/C11H8BrFN4O3/c12-10-14-11(17(19)20)15-16(10)6-9(18)5-7-1-3-8(13)4-2-7/h1-4H,5-6H2. The first-order chi connectivity index (χ1) is 9.45.